The number of amides is 2. The van der Waals surface area contributed by atoms with Crippen molar-refractivity contribution in [1.29, 1.82) is 0 Å². The van der Waals surface area contributed by atoms with Crippen molar-refractivity contribution in [2.45, 2.75) is 65.8 Å². The molecular formula is C23H30N2O4S. The van der Waals surface area contributed by atoms with Crippen molar-refractivity contribution in [3.8, 4) is 11.8 Å². The van der Waals surface area contributed by atoms with Crippen molar-refractivity contribution < 1.29 is 19.5 Å². The van der Waals surface area contributed by atoms with Crippen LogP contribution in [0.25, 0.3) is 0 Å². The Bertz CT molecular complexity index is 895. The molecule has 1 unspecified atom stereocenters. The predicted octanol–water partition coefficient (Wildman–Crippen LogP) is 3.89. The number of hydrogen-bond donors (Lipinski definition) is 2. The van der Waals surface area contributed by atoms with Gasteiger partial charge in [0.2, 0.25) is 11.8 Å². The highest BCUT2D eigenvalue weighted by molar-refractivity contribution is 7.15. The molecule has 0 spiro atoms. The number of carbonyl (C=O) groups is 3. The lowest BCUT2D eigenvalue weighted by Crippen LogP contribution is -2.46. The smallest absolute Gasteiger partial charge is 0.348 e. The number of carboxylic acids is 1. The molecule has 6 nitrogen and oxygen atoms in total. The van der Waals surface area contributed by atoms with Gasteiger partial charge in [-0.2, -0.15) is 0 Å². The van der Waals surface area contributed by atoms with Crippen molar-refractivity contribution in [2.24, 2.45) is 17.3 Å². The monoisotopic (exact) mass is 430 g/mol. The molecule has 0 bridgehead atoms. The van der Waals surface area contributed by atoms with Crippen LogP contribution < -0.4 is 10.2 Å². The Morgan fingerprint density at radius 1 is 1.23 bits per heavy atom. The number of hydrogen-bond acceptors (Lipinski definition) is 4. The molecule has 1 aromatic rings. The fraction of sp³-hybridized carbons (Fsp3) is 0.609. The second-order valence-electron chi connectivity index (χ2n) is 9.46. The maximum Gasteiger partial charge on any atom is 0.348 e. The van der Waals surface area contributed by atoms with Gasteiger partial charge in [-0.25, -0.2) is 4.79 Å². The molecule has 1 aliphatic heterocycles. The first-order valence-corrected chi connectivity index (χ1v) is 11.4. The van der Waals surface area contributed by atoms with E-state index < -0.39 is 5.97 Å². The van der Waals surface area contributed by atoms with Crippen LogP contribution in [0.5, 0.6) is 0 Å². The van der Waals surface area contributed by atoms with Crippen LogP contribution in [-0.2, 0) is 9.59 Å². The summed E-state index contributed by atoms with van der Waals surface area (Å²) < 4.78 is 0. The van der Waals surface area contributed by atoms with Gasteiger partial charge in [0.25, 0.3) is 0 Å². The van der Waals surface area contributed by atoms with E-state index in [0.717, 1.165) is 37.0 Å². The van der Waals surface area contributed by atoms with E-state index in [9.17, 15) is 19.5 Å². The Kier molecular flexibility index (Phi) is 6.56. The molecule has 2 N–H and O–H groups in total. The van der Waals surface area contributed by atoms with Gasteiger partial charge in [-0.05, 0) is 58.4 Å². The van der Waals surface area contributed by atoms with Crippen LogP contribution in [-0.4, -0.2) is 35.5 Å². The van der Waals surface area contributed by atoms with Gasteiger partial charge in [0.15, 0.2) is 0 Å². The summed E-state index contributed by atoms with van der Waals surface area (Å²) in [5, 5.41) is 12.6. The molecule has 2 aliphatic rings. The summed E-state index contributed by atoms with van der Waals surface area (Å²) in [5.74, 6) is 5.40. The zero-order valence-electron chi connectivity index (χ0n) is 18.1. The van der Waals surface area contributed by atoms with Crippen LogP contribution in [0.15, 0.2) is 6.07 Å². The number of anilines is 1. The molecule has 1 aromatic heterocycles. The third-order valence-electron chi connectivity index (χ3n) is 5.65. The first-order valence-electron chi connectivity index (χ1n) is 10.5. The predicted molar refractivity (Wildman–Crippen MR) is 118 cm³/mol. The highest BCUT2D eigenvalue weighted by Gasteiger charge is 2.38. The lowest BCUT2D eigenvalue weighted by Gasteiger charge is -2.34. The summed E-state index contributed by atoms with van der Waals surface area (Å²) >= 11 is 1.09. The standard InChI is InChI=1S/C23H30N2O4S/c1-14-5-7-15(8-6-14)21(27)25(16-11-19(26)24-13-16)18-12-17(9-10-23(2,3)4)30-20(18)22(28)29/h12,14-16H,5-8,11,13H2,1-4H3,(H,24,26)(H,28,29). The topological polar surface area (TPSA) is 86.7 Å². The molecule has 2 amide bonds. The number of carbonyl (C=O) groups excluding carboxylic acids is 2. The fourth-order valence-corrected chi connectivity index (χ4v) is 4.84. The SMILES string of the molecule is CC1CCC(C(=O)N(c2cc(C#CC(C)(C)C)sc2C(=O)O)C2CNC(=O)C2)CC1. The molecule has 1 saturated heterocycles. The van der Waals surface area contributed by atoms with Crippen LogP contribution in [0.4, 0.5) is 5.69 Å². The Balaban J connectivity index is 2.01. The number of carboxylic acid groups (broad SMARTS) is 1. The van der Waals surface area contributed by atoms with Gasteiger partial charge in [-0.3, -0.25) is 9.59 Å². The van der Waals surface area contributed by atoms with Crippen LogP contribution >= 0.6 is 11.3 Å². The minimum absolute atomic E-state index is 0.0703. The summed E-state index contributed by atoms with van der Waals surface area (Å²) in [6, 6.07) is 1.33. The van der Waals surface area contributed by atoms with Gasteiger partial charge in [0, 0.05) is 24.3 Å². The van der Waals surface area contributed by atoms with Crippen molar-refractivity contribution in [1.82, 2.24) is 5.32 Å². The second-order valence-corrected chi connectivity index (χ2v) is 10.5. The van der Waals surface area contributed by atoms with Gasteiger partial charge in [0.1, 0.15) is 4.88 Å². The zero-order chi connectivity index (χ0) is 22.1. The van der Waals surface area contributed by atoms with E-state index in [-0.39, 0.29) is 40.5 Å². The largest absolute Gasteiger partial charge is 0.477 e. The normalized spacial score (nSPS) is 24.0. The highest BCUT2D eigenvalue weighted by atomic mass is 32.1. The average molecular weight is 431 g/mol. The van der Waals surface area contributed by atoms with Crippen LogP contribution in [0.3, 0.4) is 0 Å². The molecule has 3 rings (SSSR count). The lowest BCUT2D eigenvalue weighted by atomic mass is 9.82. The summed E-state index contributed by atoms with van der Waals surface area (Å²) in [6.45, 7) is 8.50. The van der Waals surface area contributed by atoms with E-state index in [4.69, 9.17) is 0 Å². The maximum atomic E-state index is 13.6. The van der Waals surface area contributed by atoms with E-state index in [1.165, 1.54) is 0 Å². The van der Waals surface area contributed by atoms with E-state index in [1.54, 1.807) is 11.0 Å². The number of nitrogens with one attached hydrogen (secondary N) is 1. The zero-order valence-corrected chi connectivity index (χ0v) is 18.9. The van der Waals surface area contributed by atoms with Gasteiger partial charge in [0.05, 0.1) is 16.6 Å². The van der Waals surface area contributed by atoms with E-state index >= 15 is 0 Å². The first-order chi connectivity index (χ1) is 14.0. The molecule has 1 atom stereocenters. The van der Waals surface area contributed by atoms with Crippen molar-refractivity contribution in [3.63, 3.8) is 0 Å². The van der Waals surface area contributed by atoms with E-state index in [2.05, 4.69) is 24.1 Å². The number of aromatic carboxylic acids is 1. The molecule has 7 heteroatoms. The third kappa shape index (κ3) is 5.23. The number of nitrogens with zero attached hydrogens (tertiary/aromatic N) is 1. The molecule has 0 aromatic carbocycles. The minimum Gasteiger partial charge on any atom is -0.477 e. The highest BCUT2D eigenvalue weighted by Crippen LogP contribution is 2.37. The fourth-order valence-electron chi connectivity index (χ4n) is 4.00. The Morgan fingerprint density at radius 3 is 2.43 bits per heavy atom. The van der Waals surface area contributed by atoms with Crippen molar-refractivity contribution in [2.75, 3.05) is 11.4 Å². The Morgan fingerprint density at radius 2 is 1.90 bits per heavy atom. The third-order valence-corrected chi connectivity index (χ3v) is 6.68. The molecule has 1 aliphatic carbocycles. The summed E-state index contributed by atoms with van der Waals surface area (Å²) in [4.78, 5) is 39.8. The molecular weight excluding hydrogens is 400 g/mol. The Hall–Kier alpha value is -2.33. The van der Waals surface area contributed by atoms with Gasteiger partial charge >= 0.3 is 5.97 Å². The molecule has 0 radical (unpaired) electrons. The van der Waals surface area contributed by atoms with Gasteiger partial charge in [-0.1, -0.05) is 18.8 Å². The van der Waals surface area contributed by atoms with Gasteiger partial charge < -0.3 is 15.3 Å². The van der Waals surface area contributed by atoms with Crippen molar-refractivity contribution in [3.05, 3.63) is 15.8 Å². The van der Waals surface area contributed by atoms with E-state index in [0.29, 0.717) is 23.0 Å². The lowest BCUT2D eigenvalue weighted by molar-refractivity contribution is -0.124. The second kappa shape index (κ2) is 8.81. The molecule has 30 heavy (non-hydrogen) atoms. The summed E-state index contributed by atoms with van der Waals surface area (Å²) in [7, 11) is 0. The van der Waals surface area contributed by atoms with Crippen LogP contribution in [0.1, 0.15) is 74.3 Å². The van der Waals surface area contributed by atoms with Crippen molar-refractivity contribution >= 4 is 34.8 Å². The molecule has 2 fully saturated rings. The van der Waals surface area contributed by atoms with E-state index in [1.807, 2.05) is 20.8 Å². The average Bonchev–Trinajstić information content (AvgIpc) is 3.27. The molecule has 162 valence electrons. The Labute approximate surface area is 182 Å². The maximum absolute atomic E-state index is 13.6. The molecule has 1 saturated carbocycles. The molecule has 2 heterocycles. The first kappa shape index (κ1) is 22.4. The summed E-state index contributed by atoms with van der Waals surface area (Å²) in [5.41, 5.74) is 0.153. The number of rotatable bonds is 4. The van der Waals surface area contributed by atoms with Gasteiger partial charge in [-0.15, -0.1) is 11.3 Å². The van der Waals surface area contributed by atoms with Crippen LogP contribution in [0.2, 0.25) is 0 Å². The minimum atomic E-state index is -1.08. The quantitative estimate of drug-likeness (QED) is 0.710. The van der Waals surface area contributed by atoms with Crippen LogP contribution in [0, 0.1) is 29.1 Å². The number of thiophene rings is 1. The summed E-state index contributed by atoms with van der Waals surface area (Å²) in [6.07, 6.45) is 3.77.